The van der Waals surface area contributed by atoms with Crippen molar-refractivity contribution in [3.05, 3.63) is 29.8 Å². The molecule has 0 spiro atoms. The lowest BCUT2D eigenvalue weighted by Gasteiger charge is -2.15. The monoisotopic (exact) mass is 274 g/mol. The lowest BCUT2D eigenvalue weighted by molar-refractivity contribution is 0.109. The fourth-order valence-electron chi connectivity index (χ4n) is 1.97. The zero-order chi connectivity index (χ0) is 14.8. The summed E-state index contributed by atoms with van der Waals surface area (Å²) in [6.07, 6.45) is 5.36. The van der Waals surface area contributed by atoms with Gasteiger partial charge in [-0.1, -0.05) is 38.0 Å². The van der Waals surface area contributed by atoms with Gasteiger partial charge in [0.25, 0.3) is 0 Å². The Morgan fingerprint density at radius 2 is 1.80 bits per heavy atom. The van der Waals surface area contributed by atoms with Gasteiger partial charge in [0, 0.05) is 5.56 Å². The standard InChI is InChI=1S/C18H26O2/c1-4-6-7-8-14-18(3,19)15-13-16-9-11-17(12-10-16)20-5-2/h9-12,19H,4-8,14H2,1-3H3. The van der Waals surface area contributed by atoms with Crippen molar-refractivity contribution in [3.63, 3.8) is 0 Å². The SMILES string of the molecule is CCCCCCC(C)(O)C#Cc1ccc(OCC)cc1. The maximum absolute atomic E-state index is 10.2. The molecule has 0 aliphatic carbocycles. The van der Waals surface area contributed by atoms with E-state index in [0.29, 0.717) is 6.61 Å². The van der Waals surface area contributed by atoms with Crippen molar-refractivity contribution >= 4 is 0 Å². The first-order valence-corrected chi connectivity index (χ1v) is 7.56. The second-order valence-corrected chi connectivity index (χ2v) is 5.29. The van der Waals surface area contributed by atoms with Crippen LogP contribution in [0.4, 0.5) is 0 Å². The average Bonchev–Trinajstić information content (AvgIpc) is 2.43. The summed E-state index contributed by atoms with van der Waals surface area (Å²) in [5.74, 6) is 6.86. The molecule has 2 heteroatoms. The first-order valence-electron chi connectivity index (χ1n) is 7.56. The summed E-state index contributed by atoms with van der Waals surface area (Å²) in [6.45, 7) is 6.60. The van der Waals surface area contributed by atoms with Gasteiger partial charge in [-0.15, -0.1) is 0 Å². The molecular weight excluding hydrogens is 248 g/mol. The Kier molecular flexibility index (Phi) is 7.18. The van der Waals surface area contributed by atoms with Gasteiger partial charge in [0.2, 0.25) is 0 Å². The first kappa shape index (κ1) is 16.6. The second kappa shape index (κ2) is 8.66. The van der Waals surface area contributed by atoms with E-state index in [0.717, 1.165) is 30.6 Å². The normalized spacial score (nSPS) is 13.2. The van der Waals surface area contributed by atoms with Crippen LogP contribution in [0.25, 0.3) is 0 Å². The van der Waals surface area contributed by atoms with Gasteiger partial charge in [-0.2, -0.15) is 0 Å². The van der Waals surface area contributed by atoms with Gasteiger partial charge in [-0.3, -0.25) is 0 Å². The highest BCUT2D eigenvalue weighted by Crippen LogP contribution is 2.15. The Bertz CT molecular complexity index is 435. The highest BCUT2D eigenvalue weighted by atomic mass is 16.5. The third-order valence-corrected chi connectivity index (χ3v) is 3.16. The van der Waals surface area contributed by atoms with Crippen molar-refractivity contribution in [2.24, 2.45) is 0 Å². The van der Waals surface area contributed by atoms with Gasteiger partial charge < -0.3 is 9.84 Å². The van der Waals surface area contributed by atoms with Crippen LogP contribution < -0.4 is 4.74 Å². The summed E-state index contributed by atoms with van der Waals surface area (Å²) >= 11 is 0. The van der Waals surface area contributed by atoms with Gasteiger partial charge >= 0.3 is 0 Å². The minimum Gasteiger partial charge on any atom is -0.494 e. The number of benzene rings is 1. The van der Waals surface area contributed by atoms with E-state index in [9.17, 15) is 5.11 Å². The summed E-state index contributed by atoms with van der Waals surface area (Å²) < 4.78 is 5.38. The van der Waals surface area contributed by atoms with Crippen LogP contribution in [0.3, 0.4) is 0 Å². The summed E-state index contributed by atoms with van der Waals surface area (Å²) in [6, 6.07) is 7.66. The Labute approximate surface area is 123 Å². The largest absolute Gasteiger partial charge is 0.494 e. The maximum Gasteiger partial charge on any atom is 0.123 e. The third-order valence-electron chi connectivity index (χ3n) is 3.16. The van der Waals surface area contributed by atoms with Gasteiger partial charge in [-0.05, 0) is 51.0 Å². The molecule has 1 aromatic carbocycles. The Morgan fingerprint density at radius 3 is 2.40 bits per heavy atom. The predicted octanol–water partition coefficient (Wildman–Crippen LogP) is 4.16. The molecule has 0 aliphatic rings. The van der Waals surface area contributed by atoms with E-state index in [1.165, 1.54) is 12.8 Å². The van der Waals surface area contributed by atoms with Crippen LogP contribution in [0.15, 0.2) is 24.3 Å². The molecule has 0 fully saturated rings. The van der Waals surface area contributed by atoms with E-state index >= 15 is 0 Å². The summed E-state index contributed by atoms with van der Waals surface area (Å²) in [4.78, 5) is 0. The number of ether oxygens (including phenoxy) is 1. The van der Waals surface area contributed by atoms with E-state index in [1.54, 1.807) is 6.92 Å². The summed E-state index contributed by atoms with van der Waals surface area (Å²) in [5, 5.41) is 10.2. The number of hydrogen-bond acceptors (Lipinski definition) is 2. The van der Waals surface area contributed by atoms with Gasteiger partial charge in [0.1, 0.15) is 11.4 Å². The Hall–Kier alpha value is -1.46. The molecule has 0 bridgehead atoms. The molecule has 1 rings (SSSR count). The van der Waals surface area contributed by atoms with Crippen molar-refractivity contribution in [2.75, 3.05) is 6.61 Å². The minimum atomic E-state index is -0.896. The highest BCUT2D eigenvalue weighted by molar-refractivity contribution is 5.39. The van der Waals surface area contributed by atoms with Crippen molar-refractivity contribution in [1.82, 2.24) is 0 Å². The Balaban J connectivity index is 2.53. The fourth-order valence-corrected chi connectivity index (χ4v) is 1.97. The lowest BCUT2D eigenvalue weighted by atomic mass is 9.98. The van der Waals surface area contributed by atoms with Gasteiger partial charge in [0.15, 0.2) is 0 Å². The van der Waals surface area contributed by atoms with Crippen molar-refractivity contribution in [3.8, 4) is 17.6 Å². The van der Waals surface area contributed by atoms with Crippen LogP contribution in [-0.2, 0) is 0 Å². The van der Waals surface area contributed by atoms with E-state index in [4.69, 9.17) is 4.74 Å². The zero-order valence-electron chi connectivity index (χ0n) is 12.9. The molecule has 0 saturated carbocycles. The van der Waals surface area contributed by atoms with Crippen LogP contribution in [0, 0.1) is 11.8 Å². The maximum atomic E-state index is 10.2. The average molecular weight is 274 g/mol. The molecule has 0 radical (unpaired) electrons. The van der Waals surface area contributed by atoms with E-state index in [2.05, 4.69) is 18.8 Å². The molecule has 2 nitrogen and oxygen atoms in total. The molecule has 110 valence electrons. The highest BCUT2D eigenvalue weighted by Gasteiger charge is 2.15. The molecule has 1 atom stereocenters. The van der Waals surface area contributed by atoms with Crippen molar-refractivity contribution in [2.45, 2.75) is 58.5 Å². The summed E-state index contributed by atoms with van der Waals surface area (Å²) in [5.41, 5.74) is 0.00840. The van der Waals surface area contributed by atoms with Crippen molar-refractivity contribution in [1.29, 1.82) is 0 Å². The van der Waals surface area contributed by atoms with Crippen molar-refractivity contribution < 1.29 is 9.84 Å². The van der Waals surface area contributed by atoms with E-state index < -0.39 is 5.60 Å². The Morgan fingerprint density at radius 1 is 1.10 bits per heavy atom. The fraction of sp³-hybridized carbons (Fsp3) is 0.556. The van der Waals surface area contributed by atoms with Crippen LogP contribution in [0.1, 0.15) is 58.4 Å². The molecule has 0 aromatic heterocycles. The molecule has 0 heterocycles. The molecule has 1 aromatic rings. The number of hydrogen-bond donors (Lipinski definition) is 1. The summed E-state index contributed by atoms with van der Waals surface area (Å²) in [7, 11) is 0. The number of rotatable bonds is 7. The van der Waals surface area contributed by atoms with Crippen LogP contribution in [0.2, 0.25) is 0 Å². The first-order chi connectivity index (χ1) is 9.57. The quantitative estimate of drug-likeness (QED) is 0.597. The second-order valence-electron chi connectivity index (χ2n) is 5.29. The third kappa shape index (κ3) is 6.63. The molecule has 0 saturated heterocycles. The van der Waals surface area contributed by atoms with Crippen LogP contribution in [0.5, 0.6) is 5.75 Å². The van der Waals surface area contributed by atoms with Crippen LogP contribution >= 0.6 is 0 Å². The predicted molar refractivity (Wildman–Crippen MR) is 83.9 cm³/mol. The van der Waals surface area contributed by atoms with Gasteiger partial charge in [-0.25, -0.2) is 0 Å². The minimum absolute atomic E-state index is 0.664. The zero-order valence-corrected chi connectivity index (χ0v) is 12.9. The molecule has 1 N–H and O–H groups in total. The molecule has 0 aliphatic heterocycles. The lowest BCUT2D eigenvalue weighted by Crippen LogP contribution is -2.21. The molecule has 20 heavy (non-hydrogen) atoms. The van der Waals surface area contributed by atoms with Gasteiger partial charge in [0.05, 0.1) is 6.61 Å². The molecule has 1 unspecified atom stereocenters. The topological polar surface area (TPSA) is 29.5 Å². The number of unbranched alkanes of at least 4 members (excludes halogenated alkanes) is 3. The number of aliphatic hydroxyl groups is 1. The molecular formula is C18H26O2. The van der Waals surface area contributed by atoms with E-state index in [-0.39, 0.29) is 0 Å². The van der Waals surface area contributed by atoms with E-state index in [1.807, 2.05) is 31.2 Å². The smallest absolute Gasteiger partial charge is 0.123 e. The molecule has 0 amide bonds. The van der Waals surface area contributed by atoms with Crippen LogP contribution in [-0.4, -0.2) is 17.3 Å².